The molecule has 0 aliphatic heterocycles. The smallest absolute Gasteiger partial charge is 0.407 e. The molecule has 1 amide bonds. The maximum absolute atomic E-state index is 14.4. The lowest BCUT2D eigenvalue weighted by molar-refractivity contribution is 0.0507. The van der Waals surface area contributed by atoms with E-state index in [1.807, 2.05) is 56.5 Å². The molecular weight excluding hydrogens is 533 g/mol. The summed E-state index contributed by atoms with van der Waals surface area (Å²) in [6, 6.07) is 11.1. The number of fused-ring (bicyclic) bond motifs is 1. The molecule has 1 aromatic carbocycles. The Hall–Kier alpha value is -3.11. The van der Waals surface area contributed by atoms with E-state index < -0.39 is 17.5 Å². The van der Waals surface area contributed by atoms with Gasteiger partial charge in [-0.2, -0.15) is 0 Å². The fourth-order valence-electron chi connectivity index (χ4n) is 3.45. The van der Waals surface area contributed by atoms with Crippen molar-refractivity contribution in [1.29, 1.82) is 0 Å². The normalized spacial score (nSPS) is 12.4. The number of nitrogens with zero attached hydrogens (tertiary/aromatic N) is 3. The first-order chi connectivity index (χ1) is 16.7. The van der Waals surface area contributed by atoms with E-state index in [2.05, 4.69) is 41.5 Å². The molecule has 10 heteroatoms. The SMILES string of the molecule is CC(C)(C)OC(=O)NC(CNc1nc(-c2ccncc2F)nc2c(Br)csc12)Cc1ccccc1. The number of nitrogens with one attached hydrogen (secondary N) is 2. The van der Waals surface area contributed by atoms with E-state index in [0.29, 0.717) is 24.3 Å². The number of benzene rings is 1. The van der Waals surface area contributed by atoms with Crippen molar-refractivity contribution in [2.75, 3.05) is 11.9 Å². The highest BCUT2D eigenvalue weighted by molar-refractivity contribution is 9.10. The molecule has 0 bridgehead atoms. The predicted octanol–water partition coefficient (Wildman–Crippen LogP) is 6.20. The molecule has 2 N–H and O–H groups in total. The molecule has 0 radical (unpaired) electrons. The topological polar surface area (TPSA) is 89.0 Å². The number of thiophene rings is 1. The van der Waals surface area contributed by atoms with Crippen molar-refractivity contribution in [1.82, 2.24) is 20.3 Å². The van der Waals surface area contributed by atoms with Crippen LogP contribution in [0.1, 0.15) is 26.3 Å². The Bertz CT molecular complexity index is 1330. The Morgan fingerprint density at radius 3 is 2.69 bits per heavy atom. The van der Waals surface area contributed by atoms with Gasteiger partial charge in [-0.05, 0) is 54.8 Å². The molecule has 0 fully saturated rings. The number of carbonyl (C=O) groups excluding carboxylic acids is 1. The summed E-state index contributed by atoms with van der Waals surface area (Å²) in [5, 5.41) is 8.22. The monoisotopic (exact) mass is 557 g/mol. The molecule has 0 aliphatic rings. The molecule has 182 valence electrons. The van der Waals surface area contributed by atoms with E-state index >= 15 is 0 Å². The minimum absolute atomic E-state index is 0.249. The molecule has 0 saturated heterocycles. The Kier molecular flexibility index (Phi) is 7.61. The van der Waals surface area contributed by atoms with Crippen LogP contribution < -0.4 is 10.6 Å². The van der Waals surface area contributed by atoms with E-state index in [1.54, 1.807) is 6.07 Å². The Morgan fingerprint density at radius 2 is 1.97 bits per heavy atom. The number of hydrogen-bond donors (Lipinski definition) is 2. The van der Waals surface area contributed by atoms with Crippen LogP contribution in [0.4, 0.5) is 15.0 Å². The quantitative estimate of drug-likeness (QED) is 0.281. The van der Waals surface area contributed by atoms with Crippen LogP contribution in [0.3, 0.4) is 0 Å². The minimum Gasteiger partial charge on any atom is -0.444 e. The molecule has 0 saturated carbocycles. The summed E-state index contributed by atoms with van der Waals surface area (Å²) in [6.45, 7) is 5.84. The van der Waals surface area contributed by atoms with Crippen molar-refractivity contribution in [3.8, 4) is 11.4 Å². The summed E-state index contributed by atoms with van der Waals surface area (Å²) in [7, 11) is 0. The van der Waals surface area contributed by atoms with Crippen LogP contribution in [0, 0.1) is 5.82 Å². The van der Waals surface area contributed by atoms with Gasteiger partial charge in [0, 0.05) is 18.1 Å². The number of carbonyl (C=O) groups is 1. The van der Waals surface area contributed by atoms with Gasteiger partial charge < -0.3 is 15.4 Å². The predicted molar refractivity (Wildman–Crippen MR) is 140 cm³/mol. The van der Waals surface area contributed by atoms with Crippen molar-refractivity contribution in [3.63, 3.8) is 0 Å². The highest BCUT2D eigenvalue weighted by atomic mass is 79.9. The standard InChI is InChI=1S/C25H25BrFN5O2S/c1-25(2,3)34-24(33)30-16(11-15-7-5-4-6-8-15)12-29-23-21-20(18(26)14-35-21)31-22(32-23)17-9-10-28-13-19(17)27/h4-10,13-14,16H,11-12H2,1-3H3,(H,30,33)(H,29,31,32). The third kappa shape index (κ3) is 6.52. The number of alkyl carbamates (subject to hydrolysis) is 1. The summed E-state index contributed by atoms with van der Waals surface area (Å²) in [4.78, 5) is 25.5. The summed E-state index contributed by atoms with van der Waals surface area (Å²) < 4.78 is 21.5. The van der Waals surface area contributed by atoms with Gasteiger partial charge >= 0.3 is 6.09 Å². The van der Waals surface area contributed by atoms with Gasteiger partial charge in [-0.15, -0.1) is 11.3 Å². The molecule has 0 spiro atoms. The first-order valence-electron chi connectivity index (χ1n) is 11.0. The van der Waals surface area contributed by atoms with Gasteiger partial charge in [0.05, 0.1) is 27.0 Å². The van der Waals surface area contributed by atoms with E-state index in [9.17, 15) is 9.18 Å². The molecule has 0 aliphatic carbocycles. The number of halogens is 2. The molecule has 3 aromatic heterocycles. The largest absolute Gasteiger partial charge is 0.444 e. The van der Waals surface area contributed by atoms with E-state index in [4.69, 9.17) is 4.74 Å². The fourth-order valence-corrected chi connectivity index (χ4v) is 4.98. The van der Waals surface area contributed by atoms with Gasteiger partial charge in [-0.25, -0.2) is 19.2 Å². The zero-order valence-electron chi connectivity index (χ0n) is 19.5. The van der Waals surface area contributed by atoms with Crippen LogP contribution in [0.15, 0.2) is 58.6 Å². The second-order valence-electron chi connectivity index (χ2n) is 8.93. The number of rotatable bonds is 7. The maximum atomic E-state index is 14.4. The number of ether oxygens (including phenoxy) is 1. The van der Waals surface area contributed by atoms with Crippen molar-refractivity contribution >= 4 is 49.4 Å². The number of hydrogen-bond acceptors (Lipinski definition) is 7. The van der Waals surface area contributed by atoms with Gasteiger partial charge in [0.2, 0.25) is 0 Å². The third-order valence-electron chi connectivity index (χ3n) is 4.95. The lowest BCUT2D eigenvalue weighted by Crippen LogP contribution is -2.43. The van der Waals surface area contributed by atoms with E-state index in [0.717, 1.165) is 20.9 Å². The third-order valence-corrected chi connectivity index (χ3v) is 6.83. The summed E-state index contributed by atoms with van der Waals surface area (Å²) in [5.74, 6) is 0.303. The molecule has 1 unspecified atom stereocenters. The summed E-state index contributed by atoms with van der Waals surface area (Å²) >= 11 is 5.00. The average molecular weight is 558 g/mol. The van der Waals surface area contributed by atoms with Gasteiger partial charge in [-0.1, -0.05) is 30.3 Å². The Labute approximate surface area is 215 Å². The summed E-state index contributed by atoms with van der Waals surface area (Å²) in [5.41, 5.74) is 1.40. The highest BCUT2D eigenvalue weighted by Gasteiger charge is 2.21. The lowest BCUT2D eigenvalue weighted by Gasteiger charge is -2.24. The molecule has 35 heavy (non-hydrogen) atoms. The van der Waals surface area contributed by atoms with Crippen LogP contribution >= 0.6 is 27.3 Å². The first kappa shape index (κ1) is 25.0. The first-order valence-corrected chi connectivity index (χ1v) is 12.7. The van der Waals surface area contributed by atoms with Crippen LogP contribution in [0.5, 0.6) is 0 Å². The lowest BCUT2D eigenvalue weighted by atomic mass is 10.1. The van der Waals surface area contributed by atoms with Crippen LogP contribution in [0.2, 0.25) is 0 Å². The van der Waals surface area contributed by atoms with Crippen molar-refractivity contribution in [3.05, 3.63) is 70.0 Å². The molecule has 1 atom stereocenters. The Balaban J connectivity index is 1.62. The fraction of sp³-hybridized carbons (Fsp3) is 0.280. The van der Waals surface area contributed by atoms with Crippen LogP contribution in [-0.2, 0) is 11.2 Å². The molecule has 7 nitrogen and oxygen atoms in total. The maximum Gasteiger partial charge on any atom is 0.407 e. The second kappa shape index (κ2) is 10.7. The average Bonchev–Trinajstić information content (AvgIpc) is 3.18. The number of pyridine rings is 1. The Morgan fingerprint density at radius 1 is 1.20 bits per heavy atom. The van der Waals surface area contributed by atoms with Crippen molar-refractivity contribution < 1.29 is 13.9 Å². The minimum atomic E-state index is -0.611. The number of anilines is 1. The van der Waals surface area contributed by atoms with Crippen LogP contribution in [-0.4, -0.2) is 39.2 Å². The van der Waals surface area contributed by atoms with Gasteiger partial charge in [0.15, 0.2) is 11.6 Å². The van der Waals surface area contributed by atoms with Gasteiger partial charge in [-0.3, -0.25) is 4.98 Å². The van der Waals surface area contributed by atoms with Crippen LogP contribution in [0.25, 0.3) is 21.6 Å². The second-order valence-corrected chi connectivity index (χ2v) is 10.7. The molecule has 4 aromatic rings. The highest BCUT2D eigenvalue weighted by Crippen LogP contribution is 2.35. The van der Waals surface area contributed by atoms with Crippen molar-refractivity contribution in [2.24, 2.45) is 0 Å². The molecular formula is C25H25BrFN5O2S. The van der Waals surface area contributed by atoms with E-state index in [1.165, 1.54) is 17.5 Å². The van der Waals surface area contributed by atoms with Gasteiger partial charge in [0.25, 0.3) is 0 Å². The zero-order chi connectivity index (χ0) is 25.0. The van der Waals surface area contributed by atoms with E-state index in [-0.39, 0.29) is 17.4 Å². The summed E-state index contributed by atoms with van der Waals surface area (Å²) in [6.07, 6.45) is 2.73. The molecule has 4 rings (SSSR count). The van der Waals surface area contributed by atoms with Crippen molar-refractivity contribution in [2.45, 2.75) is 38.8 Å². The number of amides is 1. The number of aromatic nitrogens is 3. The van der Waals surface area contributed by atoms with Gasteiger partial charge in [0.1, 0.15) is 16.9 Å². The zero-order valence-corrected chi connectivity index (χ0v) is 21.9. The molecule has 3 heterocycles.